The van der Waals surface area contributed by atoms with E-state index in [2.05, 4.69) is 0 Å². The van der Waals surface area contributed by atoms with E-state index in [4.69, 9.17) is 19.9 Å². The molecule has 0 spiro atoms. The third-order valence-electron chi connectivity index (χ3n) is 6.54. The molecule has 9 nitrogen and oxygen atoms in total. The minimum absolute atomic E-state index is 0.0455. The first-order valence-corrected chi connectivity index (χ1v) is 13.4. The van der Waals surface area contributed by atoms with E-state index in [1.165, 1.54) is 0 Å². The Labute approximate surface area is 235 Å². The second-order valence-electron chi connectivity index (χ2n) is 12.1. The minimum Gasteiger partial charge on any atom is -0.479 e. The van der Waals surface area contributed by atoms with Crippen LogP contribution < -0.4 is 5.73 Å². The average molecular weight is 554 g/mol. The summed E-state index contributed by atoms with van der Waals surface area (Å²) in [5.74, 6) is -5.80. The van der Waals surface area contributed by atoms with E-state index < -0.39 is 46.5 Å². The lowest BCUT2D eigenvalue weighted by atomic mass is 9.90. The highest BCUT2D eigenvalue weighted by Gasteiger charge is 2.45. The summed E-state index contributed by atoms with van der Waals surface area (Å²) < 4.78 is 16.3. The Kier molecular flexibility index (Phi) is 9.09. The molecule has 3 rings (SSSR count). The molecule has 0 aliphatic heterocycles. The van der Waals surface area contributed by atoms with Gasteiger partial charge in [-0.05, 0) is 83.1 Å². The van der Waals surface area contributed by atoms with Crippen molar-refractivity contribution in [2.24, 2.45) is 11.7 Å². The number of hydrogen-bond acceptors (Lipinski definition) is 8. The first-order chi connectivity index (χ1) is 18.5. The van der Waals surface area contributed by atoms with Gasteiger partial charge in [0, 0.05) is 5.92 Å². The monoisotopic (exact) mass is 553 g/mol. The van der Waals surface area contributed by atoms with E-state index in [0.717, 1.165) is 22.3 Å². The number of nitrogens with two attached hydrogens (primary N) is 1. The molecule has 0 heterocycles. The molecule has 1 aliphatic rings. The maximum Gasteiger partial charge on any atom is 0.337 e. The lowest BCUT2D eigenvalue weighted by Gasteiger charge is -2.27. The van der Waals surface area contributed by atoms with E-state index in [-0.39, 0.29) is 31.8 Å². The van der Waals surface area contributed by atoms with Crippen molar-refractivity contribution in [3.8, 4) is 11.1 Å². The van der Waals surface area contributed by atoms with Crippen molar-refractivity contribution in [2.75, 3.05) is 6.61 Å². The van der Waals surface area contributed by atoms with Crippen LogP contribution in [0.4, 0.5) is 0 Å². The second kappa shape index (κ2) is 11.8. The van der Waals surface area contributed by atoms with Crippen molar-refractivity contribution >= 4 is 23.9 Å². The maximum atomic E-state index is 13.1. The summed E-state index contributed by atoms with van der Waals surface area (Å²) in [6, 6.07) is 15.6. The summed E-state index contributed by atoms with van der Waals surface area (Å²) in [5.41, 5.74) is 6.05. The largest absolute Gasteiger partial charge is 0.479 e. The maximum absolute atomic E-state index is 13.1. The Morgan fingerprint density at radius 1 is 0.825 bits per heavy atom. The first-order valence-electron chi connectivity index (χ1n) is 13.4. The van der Waals surface area contributed by atoms with E-state index in [0.29, 0.717) is 0 Å². The van der Waals surface area contributed by atoms with E-state index >= 15 is 0 Å². The van der Waals surface area contributed by atoms with E-state index in [1.807, 2.05) is 48.5 Å². The Morgan fingerprint density at radius 2 is 1.27 bits per heavy atom. The van der Waals surface area contributed by atoms with E-state index in [9.17, 15) is 24.3 Å². The normalized spacial score (nSPS) is 14.6. The minimum atomic E-state index is -2.37. The third kappa shape index (κ3) is 7.27. The van der Waals surface area contributed by atoms with Crippen LogP contribution in [0, 0.1) is 5.92 Å². The number of carboxylic acid groups (broad SMARTS) is 1. The molecule has 216 valence electrons. The number of carbonyl (C=O) groups is 4. The molecule has 0 saturated heterocycles. The van der Waals surface area contributed by atoms with Gasteiger partial charge in [-0.3, -0.25) is 9.59 Å². The van der Waals surface area contributed by atoms with Crippen molar-refractivity contribution in [3.05, 3.63) is 59.7 Å². The molecule has 1 atom stereocenters. The summed E-state index contributed by atoms with van der Waals surface area (Å²) in [7, 11) is 0. The van der Waals surface area contributed by atoms with Gasteiger partial charge in [0.15, 0.2) is 5.92 Å². The van der Waals surface area contributed by atoms with Crippen molar-refractivity contribution in [1.82, 2.24) is 0 Å². The van der Waals surface area contributed by atoms with Crippen LogP contribution in [0.3, 0.4) is 0 Å². The van der Waals surface area contributed by atoms with Gasteiger partial charge in [0.2, 0.25) is 5.54 Å². The van der Waals surface area contributed by atoms with Gasteiger partial charge in [-0.1, -0.05) is 48.5 Å². The number of ether oxygens (including phenoxy) is 3. The number of carboxylic acids is 1. The molecule has 3 N–H and O–H groups in total. The van der Waals surface area contributed by atoms with Crippen LogP contribution in [-0.4, -0.2) is 52.3 Å². The molecular weight excluding hydrogens is 514 g/mol. The second-order valence-corrected chi connectivity index (χ2v) is 12.1. The smallest absolute Gasteiger partial charge is 0.337 e. The molecule has 2 aromatic rings. The zero-order valence-corrected chi connectivity index (χ0v) is 24.0. The summed E-state index contributed by atoms with van der Waals surface area (Å²) >= 11 is 0. The predicted molar refractivity (Wildman–Crippen MR) is 148 cm³/mol. The standard InChI is InChI=1S/C31H39NO8/c1-29(2,3)39-25(33)23(26(34)40-30(4,5)6)16-11-17-31(32,27(35)36)28(37)38-18-24-21-14-9-7-12-19(21)20-13-8-10-15-22(20)24/h7-10,12-15,23-24H,11,16-18,32H2,1-6H3,(H,35,36). The molecule has 2 aromatic carbocycles. The van der Waals surface area contributed by atoms with Crippen molar-refractivity contribution in [3.63, 3.8) is 0 Å². The molecule has 0 amide bonds. The van der Waals surface area contributed by atoms with Crippen molar-refractivity contribution in [1.29, 1.82) is 0 Å². The quantitative estimate of drug-likeness (QED) is 0.245. The molecule has 9 heteroatoms. The molecule has 1 aliphatic carbocycles. The van der Waals surface area contributed by atoms with Gasteiger partial charge in [0.05, 0.1) is 0 Å². The topological polar surface area (TPSA) is 142 Å². The van der Waals surface area contributed by atoms with Crippen LogP contribution in [-0.2, 0) is 33.4 Å². The van der Waals surface area contributed by atoms with Gasteiger partial charge in [-0.2, -0.15) is 0 Å². The number of rotatable bonds is 10. The van der Waals surface area contributed by atoms with Gasteiger partial charge in [-0.25, -0.2) is 9.59 Å². The molecule has 0 bridgehead atoms. The fourth-order valence-electron chi connectivity index (χ4n) is 4.69. The molecule has 1 unspecified atom stereocenters. The predicted octanol–water partition coefficient (Wildman–Crippen LogP) is 4.59. The van der Waals surface area contributed by atoms with Gasteiger partial charge < -0.3 is 25.1 Å². The summed E-state index contributed by atoms with van der Waals surface area (Å²) in [5, 5.41) is 9.89. The number of aliphatic carboxylic acids is 1. The highest BCUT2D eigenvalue weighted by molar-refractivity contribution is 6.04. The summed E-state index contributed by atoms with van der Waals surface area (Å²) in [6.07, 6.45) is -0.524. The molecule has 0 saturated carbocycles. The molecule has 0 fully saturated rings. The Morgan fingerprint density at radius 3 is 1.70 bits per heavy atom. The van der Waals surface area contributed by atoms with E-state index in [1.54, 1.807) is 41.5 Å². The third-order valence-corrected chi connectivity index (χ3v) is 6.54. The van der Waals surface area contributed by atoms with Gasteiger partial charge in [0.1, 0.15) is 17.8 Å². The Bertz CT molecular complexity index is 1200. The average Bonchev–Trinajstić information content (AvgIpc) is 3.16. The number of fused-ring (bicyclic) bond motifs is 3. The Balaban J connectivity index is 1.71. The highest BCUT2D eigenvalue weighted by atomic mass is 16.6. The zero-order chi connectivity index (χ0) is 29.9. The van der Waals surface area contributed by atoms with Crippen molar-refractivity contribution in [2.45, 2.75) is 83.5 Å². The first kappa shape index (κ1) is 30.8. The summed E-state index contributed by atoms with van der Waals surface area (Å²) in [4.78, 5) is 50.9. The summed E-state index contributed by atoms with van der Waals surface area (Å²) in [6.45, 7) is 9.94. The van der Waals surface area contributed by atoms with Crippen molar-refractivity contribution < 1.29 is 38.5 Å². The number of benzene rings is 2. The Hall–Kier alpha value is -3.72. The fraction of sp³-hybridized carbons (Fsp3) is 0.484. The number of hydrogen-bond donors (Lipinski definition) is 2. The van der Waals surface area contributed by atoms with Crippen LogP contribution in [0.15, 0.2) is 48.5 Å². The number of esters is 3. The van der Waals surface area contributed by atoms with Crippen LogP contribution in [0.2, 0.25) is 0 Å². The lowest BCUT2D eigenvalue weighted by Crippen LogP contribution is -2.56. The molecule has 0 aromatic heterocycles. The SMILES string of the molecule is CC(C)(C)OC(=O)C(CCCC(N)(C(=O)O)C(=O)OCC1c2ccccc2-c2ccccc21)C(=O)OC(C)(C)C. The van der Waals surface area contributed by atoms with Gasteiger partial charge in [0.25, 0.3) is 0 Å². The molecule has 40 heavy (non-hydrogen) atoms. The molecular formula is C31H39NO8. The zero-order valence-electron chi connectivity index (χ0n) is 24.0. The number of carbonyl (C=O) groups excluding carboxylic acids is 3. The van der Waals surface area contributed by atoms with Crippen LogP contribution >= 0.6 is 0 Å². The van der Waals surface area contributed by atoms with Gasteiger partial charge >= 0.3 is 23.9 Å². The van der Waals surface area contributed by atoms with Crippen LogP contribution in [0.25, 0.3) is 11.1 Å². The van der Waals surface area contributed by atoms with Gasteiger partial charge in [-0.15, -0.1) is 0 Å². The lowest BCUT2D eigenvalue weighted by molar-refractivity contribution is -0.174. The fourth-order valence-corrected chi connectivity index (χ4v) is 4.69. The molecule has 0 radical (unpaired) electrons. The highest BCUT2D eigenvalue weighted by Crippen LogP contribution is 2.44. The van der Waals surface area contributed by atoms with Crippen LogP contribution in [0.1, 0.15) is 77.8 Å². The van der Waals surface area contributed by atoms with Crippen LogP contribution in [0.5, 0.6) is 0 Å².